The monoisotopic (exact) mass is 402 g/mol. The maximum absolute atomic E-state index is 2.41. The number of hydrogen-bond donors (Lipinski definition) is 0. The second-order valence-corrected chi connectivity index (χ2v) is 8.91. The highest BCUT2D eigenvalue weighted by Gasteiger charge is 2.26. The van der Waals surface area contributed by atoms with Crippen molar-refractivity contribution in [3.63, 3.8) is 0 Å². The molecule has 8 rings (SSSR count). The first-order valence-corrected chi connectivity index (χ1v) is 11.2. The van der Waals surface area contributed by atoms with Gasteiger partial charge in [-0.05, 0) is 88.2 Å². The van der Waals surface area contributed by atoms with Gasteiger partial charge >= 0.3 is 0 Å². The lowest BCUT2D eigenvalue weighted by Crippen LogP contribution is -1.88. The molecule has 0 heterocycles. The van der Waals surface area contributed by atoms with Crippen LogP contribution in [0.3, 0.4) is 0 Å². The Hall–Kier alpha value is -4.16. The molecule has 0 bridgehead atoms. The lowest BCUT2D eigenvalue weighted by molar-refractivity contribution is 1.76. The van der Waals surface area contributed by atoms with Crippen molar-refractivity contribution in [2.75, 3.05) is 0 Å². The van der Waals surface area contributed by atoms with Crippen LogP contribution in [0.4, 0.5) is 0 Å². The molecule has 0 atom stereocenters. The Bertz CT molecular complexity index is 1880. The van der Waals surface area contributed by atoms with Crippen LogP contribution in [0.5, 0.6) is 0 Å². The Morgan fingerprint density at radius 3 is 1.66 bits per heavy atom. The van der Waals surface area contributed by atoms with E-state index in [1.165, 1.54) is 76.1 Å². The van der Waals surface area contributed by atoms with E-state index in [-0.39, 0.29) is 0 Å². The maximum Gasteiger partial charge on any atom is -0.00134 e. The molecule has 0 saturated carbocycles. The van der Waals surface area contributed by atoms with Crippen LogP contribution in [-0.4, -0.2) is 0 Å². The maximum atomic E-state index is 2.41. The van der Waals surface area contributed by atoms with Gasteiger partial charge in [0.2, 0.25) is 0 Å². The molecule has 0 fully saturated rings. The van der Waals surface area contributed by atoms with Crippen LogP contribution in [0.25, 0.3) is 76.1 Å². The fourth-order valence-electron chi connectivity index (χ4n) is 6.01. The summed E-state index contributed by atoms with van der Waals surface area (Å²) >= 11 is 0. The molecule has 0 spiro atoms. The molecule has 0 N–H and O–H groups in total. The molecule has 7 aromatic rings. The molecule has 0 aliphatic heterocycles. The van der Waals surface area contributed by atoms with Gasteiger partial charge in [0.25, 0.3) is 0 Å². The molecule has 7 aromatic carbocycles. The third-order valence-electron chi connectivity index (χ3n) is 7.32. The first-order chi connectivity index (χ1) is 15.9. The van der Waals surface area contributed by atoms with Crippen LogP contribution in [0, 0.1) is 0 Å². The van der Waals surface area contributed by atoms with E-state index in [2.05, 4.69) is 109 Å². The highest BCUT2D eigenvalue weighted by atomic mass is 14.3. The molecule has 146 valence electrons. The largest absolute Gasteiger partial charge is 0.0616 e. The fraction of sp³-hybridized carbons (Fsp3) is 0. The van der Waals surface area contributed by atoms with Crippen LogP contribution >= 0.6 is 0 Å². The molecular weight excluding hydrogens is 384 g/mol. The molecule has 1 aliphatic carbocycles. The van der Waals surface area contributed by atoms with Gasteiger partial charge in [-0.3, -0.25) is 0 Å². The van der Waals surface area contributed by atoms with Gasteiger partial charge in [-0.15, -0.1) is 0 Å². The van der Waals surface area contributed by atoms with Gasteiger partial charge in [0, 0.05) is 0 Å². The zero-order chi connectivity index (χ0) is 20.8. The summed E-state index contributed by atoms with van der Waals surface area (Å²) < 4.78 is 0. The Kier molecular flexibility index (Phi) is 2.97. The quantitative estimate of drug-likeness (QED) is 0.175. The first-order valence-electron chi connectivity index (χ1n) is 11.2. The minimum absolute atomic E-state index is 1.29. The second-order valence-electron chi connectivity index (χ2n) is 8.91. The van der Waals surface area contributed by atoms with Gasteiger partial charge < -0.3 is 0 Å². The van der Waals surface area contributed by atoms with Gasteiger partial charge in [-0.2, -0.15) is 0 Å². The summed E-state index contributed by atoms with van der Waals surface area (Å²) in [5.74, 6) is 0. The van der Waals surface area contributed by atoms with E-state index in [4.69, 9.17) is 0 Å². The van der Waals surface area contributed by atoms with E-state index in [1.54, 1.807) is 0 Å². The molecule has 0 nitrogen and oxygen atoms in total. The van der Waals surface area contributed by atoms with Crippen LogP contribution in [0.15, 0.2) is 109 Å². The third kappa shape index (κ3) is 1.93. The summed E-state index contributed by atoms with van der Waals surface area (Å²) in [4.78, 5) is 0. The van der Waals surface area contributed by atoms with Crippen molar-refractivity contribution < 1.29 is 0 Å². The van der Waals surface area contributed by atoms with Crippen molar-refractivity contribution in [3.8, 4) is 22.3 Å². The third-order valence-corrected chi connectivity index (χ3v) is 7.32. The Morgan fingerprint density at radius 1 is 0.312 bits per heavy atom. The number of hydrogen-bond acceptors (Lipinski definition) is 0. The predicted octanol–water partition coefficient (Wildman–Crippen LogP) is 9.10. The van der Waals surface area contributed by atoms with Crippen molar-refractivity contribution in [3.05, 3.63) is 109 Å². The van der Waals surface area contributed by atoms with E-state index in [9.17, 15) is 0 Å². The van der Waals surface area contributed by atoms with Crippen molar-refractivity contribution >= 4 is 53.9 Å². The number of benzene rings is 7. The van der Waals surface area contributed by atoms with Gasteiger partial charge in [0.15, 0.2) is 0 Å². The smallest absolute Gasteiger partial charge is 0.00134 e. The zero-order valence-corrected chi connectivity index (χ0v) is 17.4. The second kappa shape index (κ2) is 5.75. The molecule has 0 saturated heterocycles. The molecule has 0 amide bonds. The van der Waals surface area contributed by atoms with Gasteiger partial charge in [-0.25, -0.2) is 0 Å². The summed E-state index contributed by atoms with van der Waals surface area (Å²) in [5, 5.41) is 13.3. The summed E-state index contributed by atoms with van der Waals surface area (Å²) in [5.41, 5.74) is 5.51. The first kappa shape index (κ1) is 16.5. The normalized spacial score (nSPS) is 12.4. The van der Waals surface area contributed by atoms with Crippen LogP contribution in [-0.2, 0) is 0 Å². The Morgan fingerprint density at radius 2 is 0.906 bits per heavy atom. The number of fused-ring (bicyclic) bond motifs is 11. The molecule has 32 heavy (non-hydrogen) atoms. The Labute approximate surface area is 185 Å². The average molecular weight is 402 g/mol. The molecule has 0 radical (unpaired) electrons. The molecular formula is C32H18. The topological polar surface area (TPSA) is 0 Å². The van der Waals surface area contributed by atoms with Crippen LogP contribution in [0.2, 0.25) is 0 Å². The van der Waals surface area contributed by atoms with E-state index >= 15 is 0 Å². The van der Waals surface area contributed by atoms with Crippen molar-refractivity contribution in [2.24, 2.45) is 0 Å². The predicted molar refractivity (Wildman–Crippen MR) is 138 cm³/mol. The standard InChI is InChI=1S/C32H18/c1-2-9-22-18-28-27(17-21(22)8-1)30-23-12-4-3-7-19(23)15-16-26(30)31-24-13-5-10-20-11-6-14-25(29(20)24)32(28)31/h1-18H. The van der Waals surface area contributed by atoms with Gasteiger partial charge in [0.1, 0.15) is 0 Å². The minimum atomic E-state index is 1.29. The van der Waals surface area contributed by atoms with Gasteiger partial charge in [0.05, 0.1) is 0 Å². The number of rotatable bonds is 0. The molecule has 0 heteroatoms. The Balaban J connectivity index is 1.74. The summed E-state index contributed by atoms with van der Waals surface area (Å²) in [7, 11) is 0. The van der Waals surface area contributed by atoms with E-state index in [1.807, 2.05) is 0 Å². The van der Waals surface area contributed by atoms with E-state index in [0.29, 0.717) is 0 Å². The molecule has 0 aromatic heterocycles. The highest BCUT2D eigenvalue weighted by Crippen LogP contribution is 2.54. The van der Waals surface area contributed by atoms with E-state index < -0.39 is 0 Å². The minimum Gasteiger partial charge on any atom is -0.0616 e. The van der Waals surface area contributed by atoms with Crippen molar-refractivity contribution in [1.29, 1.82) is 0 Å². The van der Waals surface area contributed by atoms with Crippen molar-refractivity contribution in [1.82, 2.24) is 0 Å². The summed E-state index contributed by atoms with van der Waals surface area (Å²) in [6.45, 7) is 0. The average Bonchev–Trinajstić information content (AvgIpc) is 3.19. The molecule has 0 unspecified atom stereocenters. The van der Waals surface area contributed by atoms with Gasteiger partial charge in [-0.1, -0.05) is 97.1 Å². The lowest BCUT2D eigenvalue weighted by atomic mass is 9.87. The summed E-state index contributed by atoms with van der Waals surface area (Å²) in [6.07, 6.45) is 0. The highest BCUT2D eigenvalue weighted by molar-refractivity contribution is 6.34. The van der Waals surface area contributed by atoms with Crippen LogP contribution in [0.1, 0.15) is 0 Å². The van der Waals surface area contributed by atoms with E-state index in [0.717, 1.165) is 0 Å². The van der Waals surface area contributed by atoms with Crippen LogP contribution < -0.4 is 0 Å². The van der Waals surface area contributed by atoms with Crippen molar-refractivity contribution in [2.45, 2.75) is 0 Å². The zero-order valence-electron chi connectivity index (χ0n) is 17.4. The summed E-state index contributed by atoms with van der Waals surface area (Å²) in [6, 6.07) is 40.5. The molecule has 1 aliphatic rings. The fourth-order valence-corrected chi connectivity index (χ4v) is 6.01. The SMILES string of the molecule is c1ccc2cc3c(cc2c1)c1c(c2ccc4ccccc4c23)-c2cccc3cccc-1c23. The lowest BCUT2D eigenvalue weighted by Gasteiger charge is -2.16.